The number of piperidine rings is 1. The fourth-order valence-electron chi connectivity index (χ4n) is 2.96. The topological polar surface area (TPSA) is 118 Å². The van der Waals surface area contributed by atoms with Crippen molar-refractivity contribution >= 4 is 17.6 Å². The number of anilines is 3. The van der Waals surface area contributed by atoms with Gasteiger partial charge < -0.3 is 16.4 Å². The fourth-order valence-corrected chi connectivity index (χ4v) is 2.96. The second-order valence-electron chi connectivity index (χ2n) is 6.19. The van der Waals surface area contributed by atoms with E-state index in [1.54, 1.807) is 12.3 Å². The predicted octanol–water partition coefficient (Wildman–Crippen LogP) is 1.74. The minimum absolute atomic E-state index is 0.103. The summed E-state index contributed by atoms with van der Waals surface area (Å²) in [6, 6.07) is 5.90. The molecule has 0 spiro atoms. The Balaban J connectivity index is 1.98. The highest BCUT2D eigenvalue weighted by molar-refractivity contribution is 5.61. The molecule has 7 heteroatoms. The van der Waals surface area contributed by atoms with Crippen molar-refractivity contribution in [3.63, 3.8) is 0 Å². The van der Waals surface area contributed by atoms with Crippen molar-refractivity contribution in [1.82, 2.24) is 15.0 Å². The van der Waals surface area contributed by atoms with E-state index in [2.05, 4.69) is 37.8 Å². The van der Waals surface area contributed by atoms with Crippen LogP contribution >= 0.6 is 0 Å². The summed E-state index contributed by atoms with van der Waals surface area (Å²) in [5.41, 5.74) is 13.9. The number of rotatable bonds is 2. The highest BCUT2D eigenvalue weighted by Crippen LogP contribution is 2.26. The van der Waals surface area contributed by atoms with Crippen molar-refractivity contribution in [3.8, 4) is 17.9 Å². The van der Waals surface area contributed by atoms with Crippen LogP contribution in [-0.2, 0) is 6.42 Å². The molecule has 0 amide bonds. The summed E-state index contributed by atoms with van der Waals surface area (Å²) < 4.78 is 0. The lowest BCUT2D eigenvalue weighted by atomic mass is 9.98. The number of hydrogen-bond acceptors (Lipinski definition) is 7. The van der Waals surface area contributed by atoms with E-state index in [1.807, 2.05) is 13.0 Å². The maximum Gasteiger partial charge on any atom is 0.222 e. The third kappa shape index (κ3) is 3.84. The molecule has 0 saturated carbocycles. The molecule has 1 saturated heterocycles. The molecule has 1 aliphatic heterocycles. The van der Waals surface area contributed by atoms with Gasteiger partial charge in [0.1, 0.15) is 11.6 Å². The molecule has 2 aromatic heterocycles. The van der Waals surface area contributed by atoms with Crippen molar-refractivity contribution in [3.05, 3.63) is 35.2 Å². The van der Waals surface area contributed by atoms with E-state index in [1.165, 1.54) is 0 Å². The molecule has 132 valence electrons. The van der Waals surface area contributed by atoms with Crippen molar-refractivity contribution in [2.24, 2.45) is 5.92 Å². The molecule has 7 nitrogen and oxygen atoms in total. The molecule has 4 N–H and O–H groups in total. The molecule has 1 fully saturated rings. The zero-order valence-electron chi connectivity index (χ0n) is 14.7. The zero-order chi connectivity index (χ0) is 18.5. The minimum Gasteiger partial charge on any atom is -0.384 e. The first kappa shape index (κ1) is 17.5. The van der Waals surface area contributed by atoms with Crippen LogP contribution in [0.3, 0.4) is 0 Å². The van der Waals surface area contributed by atoms with Gasteiger partial charge in [-0.05, 0) is 31.4 Å². The molecule has 0 unspecified atom stereocenters. The molecular weight excluding hydrogens is 326 g/mol. The number of nitriles is 1. The molecule has 3 heterocycles. The lowest BCUT2D eigenvalue weighted by Gasteiger charge is -2.31. The van der Waals surface area contributed by atoms with Gasteiger partial charge in [-0.25, -0.2) is 9.97 Å². The number of nitrogens with zero attached hydrogens (tertiary/aromatic N) is 5. The number of hydrogen-bond donors (Lipinski definition) is 2. The molecule has 0 aliphatic carbocycles. The van der Waals surface area contributed by atoms with E-state index < -0.39 is 0 Å². The van der Waals surface area contributed by atoms with E-state index in [0.717, 1.165) is 48.6 Å². The van der Waals surface area contributed by atoms with Crippen molar-refractivity contribution in [2.45, 2.75) is 26.2 Å². The monoisotopic (exact) mass is 347 g/mol. The van der Waals surface area contributed by atoms with Gasteiger partial charge in [0.05, 0.1) is 17.3 Å². The van der Waals surface area contributed by atoms with Crippen LogP contribution in [0.4, 0.5) is 17.6 Å². The predicted molar refractivity (Wildman–Crippen MR) is 101 cm³/mol. The first-order chi connectivity index (χ1) is 12.6. The molecular formula is C19H21N7. The van der Waals surface area contributed by atoms with Crippen molar-refractivity contribution in [2.75, 3.05) is 29.5 Å². The van der Waals surface area contributed by atoms with E-state index in [0.29, 0.717) is 12.2 Å². The Bertz CT molecular complexity index is 879. The Morgan fingerprint density at radius 1 is 1.19 bits per heavy atom. The Hall–Kier alpha value is -3.32. The SMILES string of the molecule is CCc1nc(N)nc(N2CCC(C#N)CC2)c1C#Cc1ccc(N)nc1. The summed E-state index contributed by atoms with van der Waals surface area (Å²) in [6.45, 7) is 3.54. The molecule has 2 aromatic rings. The quantitative estimate of drug-likeness (QED) is 0.794. The summed E-state index contributed by atoms with van der Waals surface area (Å²) in [4.78, 5) is 15.0. The minimum atomic E-state index is 0.103. The highest BCUT2D eigenvalue weighted by atomic mass is 15.2. The van der Waals surface area contributed by atoms with E-state index >= 15 is 0 Å². The average molecular weight is 347 g/mol. The van der Waals surface area contributed by atoms with Gasteiger partial charge in [0, 0.05) is 30.8 Å². The Morgan fingerprint density at radius 3 is 2.58 bits per heavy atom. The van der Waals surface area contributed by atoms with Gasteiger partial charge in [-0.1, -0.05) is 18.8 Å². The normalized spacial score (nSPS) is 14.4. The Labute approximate surface area is 153 Å². The first-order valence-electron chi connectivity index (χ1n) is 8.65. The van der Waals surface area contributed by atoms with E-state index in [4.69, 9.17) is 16.7 Å². The standard InChI is InChI=1S/C19H21N7/c1-2-16-15(5-3-14-4-6-17(21)23-12-14)18(25-19(22)24-16)26-9-7-13(11-20)8-10-26/h4,6,12-13H,2,7-10H2,1H3,(H2,21,23)(H2,22,24,25). The Kier molecular flexibility index (Phi) is 5.19. The van der Waals surface area contributed by atoms with Crippen LogP contribution < -0.4 is 16.4 Å². The van der Waals surface area contributed by atoms with Crippen LogP contribution in [-0.4, -0.2) is 28.0 Å². The number of pyridine rings is 1. The lowest BCUT2D eigenvalue weighted by molar-refractivity contribution is 0.485. The van der Waals surface area contributed by atoms with Crippen molar-refractivity contribution in [1.29, 1.82) is 5.26 Å². The fraction of sp³-hybridized carbons (Fsp3) is 0.368. The van der Waals surface area contributed by atoms with Crippen LogP contribution in [0.2, 0.25) is 0 Å². The third-order valence-corrected chi connectivity index (χ3v) is 4.41. The van der Waals surface area contributed by atoms with Gasteiger partial charge in [0.25, 0.3) is 0 Å². The third-order valence-electron chi connectivity index (χ3n) is 4.41. The smallest absolute Gasteiger partial charge is 0.222 e. The van der Waals surface area contributed by atoms with Crippen LogP contribution in [0.15, 0.2) is 18.3 Å². The molecule has 0 atom stereocenters. The summed E-state index contributed by atoms with van der Waals surface area (Å²) in [7, 11) is 0. The molecule has 0 bridgehead atoms. The van der Waals surface area contributed by atoms with Gasteiger partial charge in [-0.2, -0.15) is 10.2 Å². The largest absolute Gasteiger partial charge is 0.384 e. The second kappa shape index (κ2) is 7.71. The van der Waals surface area contributed by atoms with Gasteiger partial charge in [0.2, 0.25) is 5.95 Å². The second-order valence-corrected chi connectivity index (χ2v) is 6.19. The summed E-state index contributed by atoms with van der Waals surface area (Å²) >= 11 is 0. The number of nitrogen functional groups attached to an aromatic ring is 2. The van der Waals surface area contributed by atoms with Crippen LogP contribution in [0.1, 0.15) is 36.6 Å². The molecule has 26 heavy (non-hydrogen) atoms. The maximum absolute atomic E-state index is 9.11. The van der Waals surface area contributed by atoms with Crippen LogP contribution in [0, 0.1) is 29.1 Å². The number of aromatic nitrogens is 3. The van der Waals surface area contributed by atoms with E-state index in [-0.39, 0.29) is 11.9 Å². The molecule has 3 rings (SSSR count). The van der Waals surface area contributed by atoms with Crippen LogP contribution in [0.25, 0.3) is 0 Å². The molecule has 1 aliphatic rings. The highest BCUT2D eigenvalue weighted by Gasteiger charge is 2.23. The number of aryl methyl sites for hydroxylation is 1. The van der Waals surface area contributed by atoms with Gasteiger partial charge in [-0.3, -0.25) is 0 Å². The van der Waals surface area contributed by atoms with Crippen molar-refractivity contribution < 1.29 is 0 Å². The first-order valence-corrected chi connectivity index (χ1v) is 8.65. The summed E-state index contributed by atoms with van der Waals surface area (Å²) in [5, 5.41) is 9.11. The van der Waals surface area contributed by atoms with E-state index in [9.17, 15) is 0 Å². The summed E-state index contributed by atoms with van der Waals surface area (Å²) in [5.74, 6) is 7.88. The van der Waals surface area contributed by atoms with Crippen LogP contribution in [0.5, 0.6) is 0 Å². The van der Waals surface area contributed by atoms with Gasteiger partial charge >= 0.3 is 0 Å². The molecule has 0 aromatic carbocycles. The lowest BCUT2D eigenvalue weighted by Crippen LogP contribution is -2.35. The molecule has 0 radical (unpaired) electrons. The average Bonchev–Trinajstić information content (AvgIpc) is 2.67. The maximum atomic E-state index is 9.11. The zero-order valence-corrected chi connectivity index (χ0v) is 14.7. The Morgan fingerprint density at radius 2 is 1.96 bits per heavy atom. The van der Waals surface area contributed by atoms with Gasteiger partial charge in [0.15, 0.2) is 0 Å². The summed E-state index contributed by atoms with van der Waals surface area (Å²) in [6.07, 6.45) is 3.98. The number of nitrogens with two attached hydrogens (primary N) is 2. The van der Waals surface area contributed by atoms with Gasteiger partial charge in [-0.15, -0.1) is 0 Å².